The second-order valence-corrected chi connectivity index (χ2v) is 9.71. The van der Waals surface area contributed by atoms with Crippen LogP contribution >= 0.6 is 11.6 Å². The van der Waals surface area contributed by atoms with Gasteiger partial charge in [0.15, 0.2) is 11.5 Å². The number of carbonyl (C=O) groups is 1. The summed E-state index contributed by atoms with van der Waals surface area (Å²) in [6.45, 7) is -0.0444. The smallest absolute Gasteiger partial charge is 0.264 e. The Morgan fingerprint density at radius 2 is 1.79 bits per heavy atom. The van der Waals surface area contributed by atoms with Crippen LogP contribution in [0.1, 0.15) is 0 Å². The minimum absolute atomic E-state index is 0.0513. The van der Waals surface area contributed by atoms with Crippen molar-refractivity contribution in [3.05, 3.63) is 77.8 Å². The van der Waals surface area contributed by atoms with Crippen LogP contribution in [0.3, 0.4) is 0 Å². The Morgan fingerprint density at radius 3 is 2.50 bits per heavy atom. The third-order valence-corrected chi connectivity index (χ3v) is 7.22. The number of rotatable bonds is 8. The molecule has 0 radical (unpaired) electrons. The van der Waals surface area contributed by atoms with Crippen molar-refractivity contribution in [1.82, 2.24) is 5.32 Å². The van der Waals surface area contributed by atoms with Gasteiger partial charge in [-0.1, -0.05) is 41.9 Å². The molecule has 8 nitrogen and oxygen atoms in total. The Bertz CT molecular complexity index is 1270. The standard InChI is InChI=1S/C24H23ClN2O6S/c1-31-21-12-11-17(13-20(21)25)27(34(29,30)19-7-3-2-4-8-19)15-24(28)26-14-18-16-32-22-9-5-6-10-23(22)33-18/h2-13,18H,14-16H2,1H3,(H,26,28). The van der Waals surface area contributed by atoms with Crippen molar-refractivity contribution in [2.45, 2.75) is 11.0 Å². The average Bonchev–Trinajstić information content (AvgIpc) is 2.86. The van der Waals surface area contributed by atoms with Gasteiger partial charge in [-0.05, 0) is 42.5 Å². The summed E-state index contributed by atoms with van der Waals surface area (Å²) in [5.74, 6) is 1.12. The predicted octanol–water partition coefficient (Wildman–Crippen LogP) is 3.50. The Kier molecular flexibility index (Phi) is 7.14. The van der Waals surface area contributed by atoms with Crippen molar-refractivity contribution in [1.29, 1.82) is 0 Å². The van der Waals surface area contributed by atoms with E-state index in [9.17, 15) is 13.2 Å². The Balaban J connectivity index is 1.51. The second kappa shape index (κ2) is 10.2. The summed E-state index contributed by atoms with van der Waals surface area (Å²) in [6, 6.07) is 19.7. The highest BCUT2D eigenvalue weighted by molar-refractivity contribution is 7.92. The molecule has 1 unspecified atom stereocenters. The fraction of sp³-hybridized carbons (Fsp3) is 0.208. The molecule has 3 aromatic carbocycles. The number of nitrogens with zero attached hydrogens (tertiary/aromatic N) is 1. The lowest BCUT2D eigenvalue weighted by Crippen LogP contribution is -2.45. The van der Waals surface area contributed by atoms with Crippen LogP contribution in [-0.4, -0.2) is 47.2 Å². The molecule has 10 heteroatoms. The van der Waals surface area contributed by atoms with E-state index in [0.717, 1.165) is 4.31 Å². The van der Waals surface area contributed by atoms with Gasteiger partial charge in [-0.25, -0.2) is 8.42 Å². The zero-order valence-electron chi connectivity index (χ0n) is 18.3. The van der Waals surface area contributed by atoms with Gasteiger partial charge in [-0.3, -0.25) is 9.10 Å². The van der Waals surface area contributed by atoms with E-state index in [-0.39, 0.29) is 28.8 Å². The van der Waals surface area contributed by atoms with Gasteiger partial charge in [0.1, 0.15) is 25.0 Å². The number of benzene rings is 3. The molecular weight excluding hydrogens is 480 g/mol. The van der Waals surface area contributed by atoms with Crippen molar-refractivity contribution >= 4 is 33.2 Å². The molecule has 0 bridgehead atoms. The summed E-state index contributed by atoms with van der Waals surface area (Å²) in [6.07, 6.45) is -0.409. The summed E-state index contributed by atoms with van der Waals surface area (Å²) in [4.78, 5) is 12.9. The summed E-state index contributed by atoms with van der Waals surface area (Å²) < 4.78 is 44.5. The first-order valence-electron chi connectivity index (χ1n) is 10.4. The van der Waals surface area contributed by atoms with Gasteiger partial charge in [-0.15, -0.1) is 0 Å². The average molecular weight is 503 g/mol. The van der Waals surface area contributed by atoms with Crippen LogP contribution in [0, 0.1) is 0 Å². The van der Waals surface area contributed by atoms with E-state index in [4.69, 9.17) is 25.8 Å². The van der Waals surface area contributed by atoms with Crippen LogP contribution in [0.5, 0.6) is 17.2 Å². The normalized spacial score (nSPS) is 14.8. The number of carbonyl (C=O) groups excluding carboxylic acids is 1. The molecule has 0 aromatic heterocycles. The highest BCUT2D eigenvalue weighted by Gasteiger charge is 2.28. The molecule has 34 heavy (non-hydrogen) atoms. The number of hydrogen-bond acceptors (Lipinski definition) is 6. The number of hydrogen-bond donors (Lipinski definition) is 1. The van der Waals surface area contributed by atoms with Crippen molar-refractivity contribution in [2.24, 2.45) is 0 Å². The Morgan fingerprint density at radius 1 is 1.09 bits per heavy atom. The van der Waals surface area contributed by atoms with Crippen LogP contribution in [0.2, 0.25) is 5.02 Å². The minimum Gasteiger partial charge on any atom is -0.495 e. The number of para-hydroxylation sites is 2. The molecule has 0 aliphatic carbocycles. The Hall–Kier alpha value is -3.43. The molecule has 0 saturated heterocycles. The summed E-state index contributed by atoms with van der Waals surface area (Å²) >= 11 is 6.23. The van der Waals surface area contributed by atoms with Crippen LogP contribution < -0.4 is 23.8 Å². The lowest BCUT2D eigenvalue weighted by molar-refractivity contribution is -0.120. The van der Waals surface area contributed by atoms with Gasteiger partial charge in [0.2, 0.25) is 5.91 Å². The molecule has 1 N–H and O–H groups in total. The maximum atomic E-state index is 13.4. The molecule has 4 rings (SSSR count). The maximum Gasteiger partial charge on any atom is 0.264 e. The number of sulfonamides is 1. The molecule has 1 aliphatic rings. The molecule has 178 valence electrons. The number of methoxy groups -OCH3 is 1. The van der Waals surface area contributed by atoms with E-state index in [1.54, 1.807) is 36.4 Å². The third kappa shape index (κ3) is 5.21. The number of halogens is 1. The first-order chi connectivity index (χ1) is 16.4. The number of nitrogens with one attached hydrogen (secondary N) is 1. The van der Waals surface area contributed by atoms with Gasteiger partial charge >= 0.3 is 0 Å². The molecule has 0 saturated carbocycles. The van der Waals surface area contributed by atoms with Gasteiger partial charge < -0.3 is 19.5 Å². The summed E-state index contributed by atoms with van der Waals surface area (Å²) in [5.41, 5.74) is 0.232. The zero-order valence-corrected chi connectivity index (χ0v) is 19.9. The third-order valence-electron chi connectivity index (χ3n) is 5.14. The second-order valence-electron chi connectivity index (χ2n) is 7.45. The number of ether oxygens (including phenoxy) is 3. The molecular formula is C24H23ClN2O6S. The van der Waals surface area contributed by atoms with E-state index in [1.807, 2.05) is 12.1 Å². The number of amides is 1. The molecule has 1 amide bonds. The highest BCUT2D eigenvalue weighted by atomic mass is 35.5. The van der Waals surface area contributed by atoms with Gasteiger partial charge in [0.05, 0.1) is 29.3 Å². The van der Waals surface area contributed by atoms with Gasteiger partial charge in [0.25, 0.3) is 10.0 Å². The first kappa shape index (κ1) is 23.7. The Labute approximate surface area is 203 Å². The highest BCUT2D eigenvalue weighted by Crippen LogP contribution is 2.32. The van der Waals surface area contributed by atoms with Crippen LogP contribution in [0.25, 0.3) is 0 Å². The van der Waals surface area contributed by atoms with E-state index in [0.29, 0.717) is 17.2 Å². The first-order valence-corrected chi connectivity index (χ1v) is 12.3. The topological polar surface area (TPSA) is 94.2 Å². The molecule has 0 fully saturated rings. The minimum atomic E-state index is -4.05. The van der Waals surface area contributed by atoms with E-state index in [2.05, 4.69) is 5.32 Å². The lowest BCUT2D eigenvalue weighted by Gasteiger charge is -2.27. The monoisotopic (exact) mass is 502 g/mol. The largest absolute Gasteiger partial charge is 0.495 e. The molecule has 3 aromatic rings. The van der Waals surface area contributed by atoms with Crippen molar-refractivity contribution in [3.63, 3.8) is 0 Å². The fourth-order valence-electron chi connectivity index (χ4n) is 3.42. The van der Waals surface area contributed by atoms with Crippen molar-refractivity contribution in [2.75, 3.05) is 31.1 Å². The quantitative estimate of drug-likeness (QED) is 0.506. The van der Waals surface area contributed by atoms with E-state index in [1.165, 1.54) is 31.4 Å². The van der Waals surface area contributed by atoms with E-state index >= 15 is 0 Å². The number of fused-ring (bicyclic) bond motifs is 1. The fourth-order valence-corrected chi connectivity index (χ4v) is 5.11. The molecule has 1 heterocycles. The lowest BCUT2D eigenvalue weighted by atomic mass is 10.2. The zero-order chi connectivity index (χ0) is 24.1. The molecule has 1 aliphatic heterocycles. The van der Waals surface area contributed by atoms with Crippen molar-refractivity contribution < 1.29 is 27.4 Å². The summed E-state index contributed by atoms with van der Waals surface area (Å²) in [5, 5.41) is 2.96. The molecule has 0 spiro atoms. The summed E-state index contributed by atoms with van der Waals surface area (Å²) in [7, 11) is -2.59. The van der Waals surface area contributed by atoms with Gasteiger partial charge in [0, 0.05) is 0 Å². The van der Waals surface area contributed by atoms with Crippen LogP contribution in [0.4, 0.5) is 5.69 Å². The van der Waals surface area contributed by atoms with E-state index < -0.39 is 28.6 Å². The number of anilines is 1. The predicted molar refractivity (Wildman–Crippen MR) is 128 cm³/mol. The molecule has 1 atom stereocenters. The van der Waals surface area contributed by atoms with Crippen LogP contribution in [0.15, 0.2) is 77.7 Å². The van der Waals surface area contributed by atoms with Crippen LogP contribution in [-0.2, 0) is 14.8 Å². The SMILES string of the molecule is COc1ccc(N(CC(=O)NCC2COc3ccccc3O2)S(=O)(=O)c2ccccc2)cc1Cl. The van der Waals surface area contributed by atoms with Crippen molar-refractivity contribution in [3.8, 4) is 17.2 Å². The van der Waals surface area contributed by atoms with Gasteiger partial charge in [-0.2, -0.15) is 0 Å². The maximum absolute atomic E-state index is 13.4.